The first kappa shape index (κ1) is 11.2. The van der Waals surface area contributed by atoms with Gasteiger partial charge in [-0.3, -0.25) is 4.79 Å². The zero-order chi connectivity index (χ0) is 11.7. The first-order valence-electron chi connectivity index (χ1n) is 5.55. The fraction of sp³-hybridized carbons (Fsp3) is 0.800. The van der Waals surface area contributed by atoms with Gasteiger partial charge < -0.3 is 19.9 Å². The molecule has 2 aliphatic rings. The number of nitrogens with zero attached hydrogens (tertiary/aromatic N) is 2. The van der Waals surface area contributed by atoms with Gasteiger partial charge in [0, 0.05) is 26.2 Å². The Kier molecular flexibility index (Phi) is 3.00. The number of amides is 2. The number of esters is 1. The molecule has 2 amide bonds. The number of nitrogens with one attached hydrogen (secondary N) is 1. The van der Waals surface area contributed by atoms with Crippen molar-refractivity contribution in [2.75, 3.05) is 33.3 Å². The summed E-state index contributed by atoms with van der Waals surface area (Å²) in [5.41, 5.74) is 0. The molecular formula is C10H17N3O3. The molecule has 16 heavy (non-hydrogen) atoms. The summed E-state index contributed by atoms with van der Waals surface area (Å²) in [6, 6.07) is -0.448. The maximum Gasteiger partial charge on any atom is 0.325 e. The summed E-state index contributed by atoms with van der Waals surface area (Å²) in [5, 5.41) is 3.11. The second-order valence-corrected chi connectivity index (χ2v) is 4.04. The molecule has 0 aromatic carbocycles. The van der Waals surface area contributed by atoms with Crippen LogP contribution in [0.2, 0.25) is 0 Å². The molecule has 6 heteroatoms. The van der Waals surface area contributed by atoms with E-state index in [9.17, 15) is 9.59 Å². The predicted octanol–water partition coefficient (Wildman–Crippen LogP) is -0.743. The van der Waals surface area contributed by atoms with E-state index in [-0.39, 0.29) is 24.1 Å². The minimum absolute atomic E-state index is 0.0305. The molecule has 0 radical (unpaired) electrons. The second kappa shape index (κ2) is 4.29. The van der Waals surface area contributed by atoms with E-state index in [4.69, 9.17) is 4.74 Å². The molecular weight excluding hydrogens is 210 g/mol. The van der Waals surface area contributed by atoms with Gasteiger partial charge >= 0.3 is 12.0 Å². The van der Waals surface area contributed by atoms with E-state index in [0.29, 0.717) is 26.2 Å². The third-order valence-corrected chi connectivity index (χ3v) is 3.26. The van der Waals surface area contributed by atoms with Gasteiger partial charge in [-0.1, -0.05) is 0 Å². The Hall–Kier alpha value is -1.30. The van der Waals surface area contributed by atoms with Gasteiger partial charge in [0.15, 0.2) is 0 Å². The average Bonchev–Trinajstić information content (AvgIpc) is 2.65. The number of fused-ring (bicyclic) bond motifs is 1. The molecule has 2 heterocycles. The molecule has 2 aliphatic heterocycles. The quantitative estimate of drug-likeness (QED) is 0.631. The zero-order valence-corrected chi connectivity index (χ0v) is 9.60. The molecule has 0 bridgehead atoms. The number of piperazine rings is 1. The molecule has 0 aliphatic carbocycles. The van der Waals surface area contributed by atoms with Crippen molar-refractivity contribution in [2.45, 2.75) is 19.0 Å². The zero-order valence-electron chi connectivity index (χ0n) is 9.60. The van der Waals surface area contributed by atoms with Crippen molar-refractivity contribution in [3.63, 3.8) is 0 Å². The van der Waals surface area contributed by atoms with Gasteiger partial charge in [-0.15, -0.1) is 0 Å². The number of hydrogen-bond donors (Lipinski definition) is 1. The Balaban J connectivity index is 2.15. The van der Waals surface area contributed by atoms with Crippen molar-refractivity contribution in [1.29, 1.82) is 0 Å². The number of likely N-dealkylation sites (N-methyl/N-ethyl adjacent to an activating group) is 1. The molecule has 0 spiro atoms. The summed E-state index contributed by atoms with van der Waals surface area (Å²) in [5.74, 6) is -0.291. The lowest BCUT2D eigenvalue weighted by molar-refractivity contribution is -0.145. The number of ether oxygens (including phenoxy) is 1. The molecule has 90 valence electrons. The van der Waals surface area contributed by atoms with Gasteiger partial charge in [0.05, 0.1) is 13.2 Å². The van der Waals surface area contributed by atoms with Crippen LogP contribution in [0.15, 0.2) is 0 Å². The van der Waals surface area contributed by atoms with Crippen LogP contribution >= 0.6 is 0 Å². The number of rotatable bonds is 2. The molecule has 2 saturated heterocycles. The summed E-state index contributed by atoms with van der Waals surface area (Å²) >= 11 is 0. The van der Waals surface area contributed by atoms with Crippen LogP contribution in [0.25, 0.3) is 0 Å². The molecule has 6 nitrogen and oxygen atoms in total. The van der Waals surface area contributed by atoms with Crippen molar-refractivity contribution in [3.05, 3.63) is 0 Å². The number of carbonyl (C=O) groups is 2. The van der Waals surface area contributed by atoms with Crippen LogP contribution in [0, 0.1) is 0 Å². The minimum atomic E-state index is -0.390. The van der Waals surface area contributed by atoms with E-state index in [1.54, 1.807) is 9.80 Å². The highest BCUT2D eigenvalue weighted by atomic mass is 16.5. The van der Waals surface area contributed by atoms with Gasteiger partial charge in [0.1, 0.15) is 6.04 Å². The molecule has 2 rings (SSSR count). The predicted molar refractivity (Wildman–Crippen MR) is 56.9 cm³/mol. The van der Waals surface area contributed by atoms with E-state index in [1.807, 2.05) is 6.92 Å². The first-order valence-corrected chi connectivity index (χ1v) is 5.55. The minimum Gasteiger partial charge on any atom is -0.468 e. The highest BCUT2D eigenvalue weighted by Crippen LogP contribution is 2.21. The average molecular weight is 227 g/mol. The Morgan fingerprint density at radius 3 is 3.00 bits per heavy atom. The summed E-state index contributed by atoms with van der Waals surface area (Å²) < 4.78 is 4.74. The van der Waals surface area contributed by atoms with Gasteiger partial charge in [-0.2, -0.15) is 0 Å². The summed E-state index contributed by atoms with van der Waals surface area (Å²) in [6.45, 7) is 4.52. The van der Waals surface area contributed by atoms with Gasteiger partial charge in [0.2, 0.25) is 0 Å². The van der Waals surface area contributed by atoms with Crippen LogP contribution < -0.4 is 5.32 Å². The topological polar surface area (TPSA) is 61.9 Å². The SMILES string of the molecule is CCN1CC2C(C(=O)OC)NCCN2C1=O. The van der Waals surface area contributed by atoms with Gasteiger partial charge in [0.25, 0.3) is 0 Å². The van der Waals surface area contributed by atoms with E-state index >= 15 is 0 Å². The van der Waals surface area contributed by atoms with Gasteiger partial charge in [-0.05, 0) is 6.92 Å². The van der Waals surface area contributed by atoms with E-state index in [0.717, 1.165) is 0 Å². The maximum atomic E-state index is 11.9. The highest BCUT2D eigenvalue weighted by molar-refractivity contribution is 5.82. The van der Waals surface area contributed by atoms with E-state index < -0.39 is 0 Å². The Morgan fingerprint density at radius 2 is 2.38 bits per heavy atom. The van der Waals surface area contributed by atoms with Crippen LogP contribution in [-0.2, 0) is 9.53 Å². The molecule has 2 fully saturated rings. The van der Waals surface area contributed by atoms with Crippen LogP contribution in [0.1, 0.15) is 6.92 Å². The summed E-state index contributed by atoms with van der Waals surface area (Å²) in [4.78, 5) is 27.0. The lowest BCUT2D eigenvalue weighted by Gasteiger charge is -2.34. The third-order valence-electron chi connectivity index (χ3n) is 3.26. The number of methoxy groups -OCH3 is 1. The fourth-order valence-corrected chi connectivity index (χ4v) is 2.38. The highest BCUT2D eigenvalue weighted by Gasteiger charge is 2.45. The molecule has 0 aromatic rings. The molecule has 2 unspecified atom stereocenters. The molecule has 0 saturated carbocycles. The van der Waals surface area contributed by atoms with Crippen molar-refractivity contribution in [3.8, 4) is 0 Å². The van der Waals surface area contributed by atoms with Crippen molar-refractivity contribution >= 4 is 12.0 Å². The smallest absolute Gasteiger partial charge is 0.325 e. The van der Waals surface area contributed by atoms with Crippen LogP contribution in [0.5, 0.6) is 0 Å². The van der Waals surface area contributed by atoms with Crippen molar-refractivity contribution < 1.29 is 14.3 Å². The number of carbonyl (C=O) groups excluding carboxylic acids is 2. The first-order chi connectivity index (χ1) is 7.69. The molecule has 2 atom stereocenters. The fourth-order valence-electron chi connectivity index (χ4n) is 2.38. The Morgan fingerprint density at radius 1 is 1.62 bits per heavy atom. The largest absolute Gasteiger partial charge is 0.468 e. The lowest BCUT2D eigenvalue weighted by atomic mass is 10.1. The van der Waals surface area contributed by atoms with Crippen LogP contribution in [0.3, 0.4) is 0 Å². The number of hydrogen-bond acceptors (Lipinski definition) is 4. The molecule has 0 aromatic heterocycles. The lowest BCUT2D eigenvalue weighted by Crippen LogP contribution is -2.60. The normalized spacial score (nSPS) is 29.2. The third kappa shape index (κ3) is 1.63. The Labute approximate surface area is 94.5 Å². The van der Waals surface area contributed by atoms with Crippen molar-refractivity contribution in [1.82, 2.24) is 15.1 Å². The standard InChI is InChI=1S/C10H17N3O3/c1-3-12-6-7-8(9(14)16-2)11-4-5-13(7)10(12)15/h7-8,11H,3-6H2,1-2H3. The second-order valence-electron chi connectivity index (χ2n) is 4.04. The van der Waals surface area contributed by atoms with Crippen LogP contribution in [0.4, 0.5) is 4.79 Å². The van der Waals surface area contributed by atoms with Gasteiger partial charge in [-0.25, -0.2) is 4.79 Å². The Bertz CT molecular complexity index is 308. The van der Waals surface area contributed by atoms with Crippen LogP contribution in [-0.4, -0.2) is 67.2 Å². The maximum absolute atomic E-state index is 11.9. The summed E-state index contributed by atoms with van der Waals surface area (Å²) in [6.07, 6.45) is 0. The monoisotopic (exact) mass is 227 g/mol. The van der Waals surface area contributed by atoms with E-state index in [2.05, 4.69) is 5.32 Å². The van der Waals surface area contributed by atoms with E-state index in [1.165, 1.54) is 7.11 Å². The number of urea groups is 1. The summed E-state index contributed by atoms with van der Waals surface area (Å²) in [7, 11) is 1.37. The van der Waals surface area contributed by atoms with Crippen molar-refractivity contribution in [2.24, 2.45) is 0 Å². The molecule has 1 N–H and O–H groups in total.